The number of rotatable bonds is 6. The normalized spacial score (nSPS) is 33.5. The van der Waals surface area contributed by atoms with Gasteiger partial charge in [-0.3, -0.25) is 9.59 Å². The number of Topliss-reactive ketones (excluding diaryl/α,β-unsaturated/α-hetero) is 1. The highest BCUT2D eigenvalue weighted by Gasteiger charge is 2.71. The Labute approximate surface area is 163 Å². The van der Waals surface area contributed by atoms with Gasteiger partial charge in [0.05, 0.1) is 43.8 Å². The third-order valence-corrected chi connectivity index (χ3v) is 6.12. The van der Waals surface area contributed by atoms with Crippen LogP contribution in [-0.4, -0.2) is 50.3 Å². The third kappa shape index (κ3) is 2.85. The molecule has 0 aromatic carbocycles. The van der Waals surface area contributed by atoms with Gasteiger partial charge in [-0.05, 0) is 24.7 Å². The topological polar surface area (TPSA) is 105 Å². The zero-order valence-corrected chi connectivity index (χ0v) is 16.6. The number of esters is 3. The molecule has 2 fully saturated rings. The molecule has 4 aliphatic rings. The number of unbranched alkanes of at least 4 members (excludes halogenated alkanes) is 1. The molecule has 1 aliphatic heterocycles. The summed E-state index contributed by atoms with van der Waals surface area (Å²) in [7, 11) is 2.41. The summed E-state index contributed by atoms with van der Waals surface area (Å²) in [4.78, 5) is 50.6. The minimum absolute atomic E-state index is 0.0231. The molecule has 4 rings (SSSR count). The molecule has 0 N–H and O–H groups in total. The molecule has 28 heavy (non-hydrogen) atoms. The molecule has 4 bridgehead atoms. The minimum Gasteiger partial charge on any atom is -0.466 e. The van der Waals surface area contributed by atoms with Crippen molar-refractivity contribution in [3.05, 3.63) is 11.1 Å². The fraction of sp³-hybridized carbons (Fsp3) is 0.700. The molecule has 0 radical (unpaired) electrons. The van der Waals surface area contributed by atoms with Gasteiger partial charge in [-0.1, -0.05) is 19.8 Å². The van der Waals surface area contributed by atoms with Crippen molar-refractivity contribution in [2.45, 2.75) is 45.3 Å². The first-order chi connectivity index (χ1) is 13.3. The third-order valence-electron chi connectivity index (χ3n) is 6.12. The Bertz CT molecular complexity index is 738. The van der Waals surface area contributed by atoms with E-state index < -0.39 is 41.3 Å². The molecule has 0 aromatic heterocycles. The maximum absolute atomic E-state index is 13.5. The lowest BCUT2D eigenvalue weighted by atomic mass is 9.50. The van der Waals surface area contributed by atoms with Gasteiger partial charge in [0.15, 0.2) is 0 Å². The minimum atomic E-state index is -1.89. The first kappa shape index (κ1) is 20.5. The average Bonchev–Trinajstić information content (AvgIpc) is 2.68. The summed E-state index contributed by atoms with van der Waals surface area (Å²) in [6.07, 6.45) is 3.13. The molecule has 0 amide bonds. The summed E-state index contributed by atoms with van der Waals surface area (Å²) < 4.78 is 21.0. The first-order valence-electron chi connectivity index (χ1n) is 9.62. The molecule has 5 atom stereocenters. The largest absolute Gasteiger partial charge is 0.466 e. The predicted molar refractivity (Wildman–Crippen MR) is 94.6 cm³/mol. The first-order valence-corrected chi connectivity index (χ1v) is 9.62. The van der Waals surface area contributed by atoms with E-state index in [1.165, 1.54) is 21.1 Å². The van der Waals surface area contributed by atoms with Crippen molar-refractivity contribution < 1.29 is 38.1 Å². The van der Waals surface area contributed by atoms with E-state index >= 15 is 0 Å². The van der Waals surface area contributed by atoms with Crippen LogP contribution in [0.2, 0.25) is 0 Å². The van der Waals surface area contributed by atoms with Crippen LogP contribution >= 0.6 is 0 Å². The summed E-state index contributed by atoms with van der Waals surface area (Å²) in [5, 5.41) is 0. The Morgan fingerprint density at radius 1 is 1.14 bits per heavy atom. The van der Waals surface area contributed by atoms with Crippen molar-refractivity contribution in [2.24, 2.45) is 23.7 Å². The number of ketones is 1. The molecule has 1 heterocycles. The molecule has 8 heteroatoms. The molecular weight excluding hydrogens is 368 g/mol. The molecule has 1 saturated carbocycles. The second-order valence-corrected chi connectivity index (χ2v) is 7.50. The van der Waals surface area contributed by atoms with Crippen molar-refractivity contribution >= 4 is 23.7 Å². The van der Waals surface area contributed by atoms with Crippen LogP contribution in [0, 0.1) is 23.7 Å². The van der Waals surface area contributed by atoms with Crippen molar-refractivity contribution in [3.63, 3.8) is 0 Å². The van der Waals surface area contributed by atoms with Crippen LogP contribution in [0.3, 0.4) is 0 Å². The molecule has 154 valence electrons. The number of carbonyl (C=O) groups excluding carboxylic acids is 4. The second-order valence-electron chi connectivity index (χ2n) is 7.50. The smallest absolute Gasteiger partial charge is 0.335 e. The van der Waals surface area contributed by atoms with Gasteiger partial charge >= 0.3 is 17.9 Å². The SMILES string of the molecule is CCCC[C@H]1[C@@H]2C(=O)[C@]3(OC(C)=O)OCC[C@H]1[C@@H]3C(C(=O)OC)=C2C(=O)OC. The van der Waals surface area contributed by atoms with Gasteiger partial charge in [-0.25, -0.2) is 9.59 Å². The van der Waals surface area contributed by atoms with Crippen LogP contribution in [0.25, 0.3) is 0 Å². The number of hydrogen-bond acceptors (Lipinski definition) is 8. The highest BCUT2D eigenvalue weighted by molar-refractivity contribution is 6.11. The lowest BCUT2D eigenvalue weighted by Crippen LogP contribution is -2.69. The molecule has 0 spiro atoms. The Balaban J connectivity index is 2.25. The number of methoxy groups -OCH3 is 2. The molecule has 0 unspecified atom stereocenters. The van der Waals surface area contributed by atoms with Crippen LogP contribution in [-0.2, 0) is 38.1 Å². The fourth-order valence-corrected chi connectivity index (χ4v) is 5.18. The number of carbonyl (C=O) groups is 4. The zero-order valence-electron chi connectivity index (χ0n) is 16.6. The monoisotopic (exact) mass is 394 g/mol. The van der Waals surface area contributed by atoms with E-state index in [0.717, 1.165) is 19.3 Å². The Hall–Kier alpha value is -2.22. The van der Waals surface area contributed by atoms with Gasteiger partial charge in [0.25, 0.3) is 5.79 Å². The van der Waals surface area contributed by atoms with E-state index in [4.69, 9.17) is 18.9 Å². The van der Waals surface area contributed by atoms with Crippen LogP contribution in [0.5, 0.6) is 0 Å². The van der Waals surface area contributed by atoms with Crippen LogP contribution in [0.15, 0.2) is 11.1 Å². The summed E-state index contributed by atoms with van der Waals surface area (Å²) in [6.45, 7) is 3.47. The van der Waals surface area contributed by atoms with E-state index in [2.05, 4.69) is 0 Å². The summed E-state index contributed by atoms with van der Waals surface area (Å²) in [5.74, 6) is -6.62. The highest BCUT2D eigenvalue weighted by Crippen LogP contribution is 2.60. The Kier molecular flexibility index (Phi) is 5.61. The van der Waals surface area contributed by atoms with Gasteiger partial charge in [-0.15, -0.1) is 0 Å². The molecule has 1 saturated heterocycles. The second kappa shape index (κ2) is 7.66. The van der Waals surface area contributed by atoms with Gasteiger partial charge in [-0.2, -0.15) is 0 Å². The molecule has 3 aliphatic carbocycles. The van der Waals surface area contributed by atoms with Crippen molar-refractivity contribution in [1.29, 1.82) is 0 Å². The predicted octanol–water partition coefficient (Wildman–Crippen LogP) is 1.56. The van der Waals surface area contributed by atoms with Crippen LogP contribution in [0.4, 0.5) is 0 Å². The van der Waals surface area contributed by atoms with Crippen molar-refractivity contribution in [2.75, 3.05) is 20.8 Å². The van der Waals surface area contributed by atoms with E-state index in [9.17, 15) is 19.2 Å². The van der Waals surface area contributed by atoms with Crippen LogP contribution in [0.1, 0.15) is 39.5 Å². The highest BCUT2D eigenvalue weighted by atomic mass is 16.7. The van der Waals surface area contributed by atoms with E-state index in [-0.39, 0.29) is 29.6 Å². The molecule has 8 nitrogen and oxygen atoms in total. The maximum atomic E-state index is 13.5. The number of hydrogen-bond donors (Lipinski definition) is 0. The average molecular weight is 394 g/mol. The van der Waals surface area contributed by atoms with E-state index in [1.54, 1.807) is 0 Å². The van der Waals surface area contributed by atoms with E-state index in [0.29, 0.717) is 6.42 Å². The maximum Gasteiger partial charge on any atom is 0.335 e. The van der Waals surface area contributed by atoms with Crippen LogP contribution < -0.4 is 0 Å². The lowest BCUT2D eigenvalue weighted by molar-refractivity contribution is -0.283. The lowest BCUT2D eigenvalue weighted by Gasteiger charge is -2.58. The summed E-state index contributed by atoms with van der Waals surface area (Å²) in [6, 6.07) is 0. The van der Waals surface area contributed by atoms with Gasteiger partial charge in [0, 0.05) is 6.92 Å². The summed E-state index contributed by atoms with van der Waals surface area (Å²) in [5.41, 5.74) is 0.0626. The number of ether oxygens (including phenoxy) is 4. The van der Waals surface area contributed by atoms with Gasteiger partial charge in [0.2, 0.25) is 5.78 Å². The fourth-order valence-electron chi connectivity index (χ4n) is 5.18. The summed E-state index contributed by atoms with van der Waals surface area (Å²) >= 11 is 0. The van der Waals surface area contributed by atoms with Crippen molar-refractivity contribution in [1.82, 2.24) is 0 Å². The quantitative estimate of drug-likeness (QED) is 0.494. The zero-order chi connectivity index (χ0) is 20.6. The standard InChI is InChI=1S/C20H26O8/c1-5-6-7-11-12-8-9-27-20(28-10(2)21)16(12)15(19(24)26-4)14(18(23)25-3)13(11)17(20)22/h11-13,16H,5-9H2,1-4H3/t11-,12-,13+,16-,20+/m1/s1. The molecular formula is C20H26O8. The van der Waals surface area contributed by atoms with Crippen molar-refractivity contribution in [3.8, 4) is 0 Å². The Morgan fingerprint density at radius 2 is 1.79 bits per heavy atom. The van der Waals surface area contributed by atoms with Gasteiger partial charge in [0.1, 0.15) is 0 Å². The molecule has 0 aromatic rings. The van der Waals surface area contributed by atoms with Gasteiger partial charge < -0.3 is 18.9 Å². The Morgan fingerprint density at radius 3 is 2.36 bits per heavy atom. The van der Waals surface area contributed by atoms with E-state index in [1.807, 2.05) is 6.92 Å².